The number of hydrogen-bond donors (Lipinski definition) is 6. The molecule has 2 aliphatic heterocycles. The van der Waals surface area contributed by atoms with Gasteiger partial charge in [-0.15, -0.1) is 0 Å². The van der Waals surface area contributed by atoms with Crippen molar-refractivity contribution in [3.8, 4) is 0 Å². The van der Waals surface area contributed by atoms with Crippen LogP contribution in [0.2, 0.25) is 0 Å². The van der Waals surface area contributed by atoms with Crippen LogP contribution in [0.1, 0.15) is 71.1 Å². The summed E-state index contributed by atoms with van der Waals surface area (Å²) in [7, 11) is 0. The molecule has 0 aromatic heterocycles. The molecule has 10 heteroatoms. The van der Waals surface area contributed by atoms with E-state index in [0.717, 1.165) is 57.4 Å². The minimum Gasteiger partial charge on any atom is -0.459 e. The molecule has 0 aromatic carbocycles. The van der Waals surface area contributed by atoms with Gasteiger partial charge in [0, 0.05) is 12.5 Å². The third kappa shape index (κ3) is 9.16. The highest BCUT2D eigenvalue weighted by Gasteiger charge is 2.45. The number of carbonyl (C=O) groups excluding carboxylic acids is 1. The van der Waals surface area contributed by atoms with Gasteiger partial charge in [0.05, 0.1) is 24.9 Å². The number of cyclic esters (lactones) is 1. The molecule has 1 fully saturated rings. The summed E-state index contributed by atoms with van der Waals surface area (Å²) in [6.45, 7) is 1.54. The Labute approximate surface area is 201 Å². The smallest absolute Gasteiger partial charge is 0.330 e. The molecule has 2 heterocycles. The van der Waals surface area contributed by atoms with Crippen molar-refractivity contribution >= 4 is 5.97 Å². The third-order valence-corrected chi connectivity index (χ3v) is 6.47. The molecule has 0 aliphatic carbocycles. The van der Waals surface area contributed by atoms with E-state index in [2.05, 4.69) is 6.92 Å². The first kappa shape index (κ1) is 29.1. The van der Waals surface area contributed by atoms with Crippen molar-refractivity contribution in [3.63, 3.8) is 0 Å². The molecule has 0 aromatic rings. The highest BCUT2D eigenvalue weighted by atomic mass is 16.7. The normalized spacial score (nSPS) is 39.7. The summed E-state index contributed by atoms with van der Waals surface area (Å²) in [5, 5.41) is 60.4. The fraction of sp³-hybridized carbons (Fsp3) is 0.875. The highest BCUT2D eigenvalue weighted by molar-refractivity contribution is 5.82. The molecule has 2 rings (SSSR count). The summed E-state index contributed by atoms with van der Waals surface area (Å²) >= 11 is 0. The molecule has 9 atom stereocenters. The van der Waals surface area contributed by atoms with Gasteiger partial charge >= 0.3 is 5.97 Å². The minimum absolute atomic E-state index is 0.0186. The van der Waals surface area contributed by atoms with Gasteiger partial charge in [0.25, 0.3) is 0 Å². The quantitative estimate of drug-likeness (QED) is 0.216. The highest BCUT2D eigenvalue weighted by Crippen LogP contribution is 2.26. The summed E-state index contributed by atoms with van der Waals surface area (Å²) < 4.78 is 16.8. The number of aliphatic hydroxyl groups excluding tert-OH is 6. The van der Waals surface area contributed by atoms with Crippen molar-refractivity contribution in [2.45, 2.75) is 126 Å². The van der Waals surface area contributed by atoms with Gasteiger partial charge in [-0.1, -0.05) is 32.6 Å². The molecule has 0 amide bonds. The monoisotopic (exact) mass is 490 g/mol. The van der Waals surface area contributed by atoms with Crippen LogP contribution < -0.4 is 0 Å². The van der Waals surface area contributed by atoms with E-state index < -0.39 is 61.6 Å². The Morgan fingerprint density at radius 1 is 1.00 bits per heavy atom. The van der Waals surface area contributed by atoms with Gasteiger partial charge in [-0.25, -0.2) is 4.79 Å². The Morgan fingerprint density at radius 3 is 2.44 bits per heavy atom. The lowest BCUT2D eigenvalue weighted by atomic mass is 9.97. The van der Waals surface area contributed by atoms with E-state index in [1.807, 2.05) is 0 Å². The molecular formula is C24H42O10. The van der Waals surface area contributed by atoms with Gasteiger partial charge in [-0.3, -0.25) is 0 Å². The molecule has 198 valence electrons. The second kappa shape index (κ2) is 15.1. The van der Waals surface area contributed by atoms with Crippen molar-refractivity contribution in [3.05, 3.63) is 12.2 Å². The zero-order valence-electron chi connectivity index (χ0n) is 19.9. The molecular weight excluding hydrogens is 448 g/mol. The zero-order chi connectivity index (χ0) is 25.1. The topological polar surface area (TPSA) is 166 Å². The fourth-order valence-corrected chi connectivity index (χ4v) is 4.33. The Morgan fingerprint density at radius 2 is 1.74 bits per heavy atom. The lowest BCUT2D eigenvalue weighted by Crippen LogP contribution is -2.59. The maximum Gasteiger partial charge on any atom is 0.330 e. The van der Waals surface area contributed by atoms with Gasteiger partial charge in [-0.2, -0.15) is 0 Å². The van der Waals surface area contributed by atoms with Crippen molar-refractivity contribution < 1.29 is 49.6 Å². The molecule has 0 bridgehead atoms. The van der Waals surface area contributed by atoms with Gasteiger partial charge in [0.1, 0.15) is 30.5 Å². The first-order chi connectivity index (χ1) is 16.3. The first-order valence-corrected chi connectivity index (χ1v) is 12.5. The number of aliphatic hydroxyl groups is 6. The lowest BCUT2D eigenvalue weighted by molar-refractivity contribution is -0.313. The van der Waals surface area contributed by atoms with Gasteiger partial charge in [0.2, 0.25) is 0 Å². The van der Waals surface area contributed by atoms with Crippen LogP contribution in [0, 0.1) is 0 Å². The predicted octanol–water partition coefficient (Wildman–Crippen LogP) is 0.296. The molecule has 2 aliphatic rings. The maximum atomic E-state index is 12.2. The Balaban J connectivity index is 2.05. The van der Waals surface area contributed by atoms with Crippen molar-refractivity contribution in [2.75, 3.05) is 6.61 Å². The molecule has 6 N–H and O–H groups in total. The second-order valence-electron chi connectivity index (χ2n) is 9.30. The van der Waals surface area contributed by atoms with E-state index >= 15 is 0 Å². The van der Waals surface area contributed by atoms with Gasteiger partial charge in [-0.05, 0) is 38.2 Å². The zero-order valence-corrected chi connectivity index (χ0v) is 19.9. The fourth-order valence-electron chi connectivity index (χ4n) is 4.33. The number of esters is 1. The molecule has 0 spiro atoms. The van der Waals surface area contributed by atoms with Crippen LogP contribution in [-0.4, -0.2) is 98.3 Å². The molecule has 34 heavy (non-hydrogen) atoms. The number of rotatable bonds is 7. The summed E-state index contributed by atoms with van der Waals surface area (Å²) in [4.78, 5) is 12.2. The second-order valence-corrected chi connectivity index (χ2v) is 9.30. The molecule has 0 unspecified atom stereocenters. The Hall–Kier alpha value is -1.11. The molecule has 10 nitrogen and oxygen atoms in total. The van der Waals surface area contributed by atoms with E-state index in [0.29, 0.717) is 6.42 Å². The van der Waals surface area contributed by atoms with Gasteiger partial charge < -0.3 is 44.8 Å². The van der Waals surface area contributed by atoms with Crippen LogP contribution in [0.15, 0.2) is 12.2 Å². The average Bonchev–Trinajstić information content (AvgIpc) is 2.81. The molecule has 0 radical (unpaired) electrons. The van der Waals surface area contributed by atoms with Crippen molar-refractivity contribution in [2.24, 2.45) is 0 Å². The van der Waals surface area contributed by atoms with E-state index in [4.69, 9.17) is 14.2 Å². The van der Waals surface area contributed by atoms with E-state index in [-0.39, 0.29) is 12.5 Å². The standard InChI is InChI=1S/C24H42O10/c1-2-3-5-8-15-9-6-4-7-10-16(13-18(27)17(26)11-12-20(28)32-15)33-24-23(31)22(30)21(29)19(14-25)34-24/h11-12,15-19,21-27,29-31H,2-10,13-14H2,1H3/b12-11+/t15-,16-,17-,18+,19-,21-,22+,23-,24+/m1/s1. The van der Waals surface area contributed by atoms with Gasteiger partial charge in [0.15, 0.2) is 6.29 Å². The molecule has 0 saturated carbocycles. The number of unbranched alkanes of at least 4 members (excludes halogenated alkanes) is 2. The van der Waals surface area contributed by atoms with E-state index in [1.165, 1.54) is 6.08 Å². The lowest BCUT2D eigenvalue weighted by Gasteiger charge is -2.41. The third-order valence-electron chi connectivity index (χ3n) is 6.47. The van der Waals surface area contributed by atoms with E-state index in [9.17, 15) is 35.4 Å². The van der Waals surface area contributed by atoms with Crippen LogP contribution in [-0.2, 0) is 19.0 Å². The van der Waals surface area contributed by atoms with Crippen LogP contribution in [0.3, 0.4) is 0 Å². The average molecular weight is 491 g/mol. The van der Waals surface area contributed by atoms with Crippen molar-refractivity contribution in [1.29, 1.82) is 0 Å². The summed E-state index contributed by atoms with van der Waals surface area (Å²) in [6.07, 6.45) is -0.705. The minimum atomic E-state index is -1.57. The maximum absolute atomic E-state index is 12.2. The van der Waals surface area contributed by atoms with Crippen LogP contribution in [0.5, 0.6) is 0 Å². The number of ether oxygens (including phenoxy) is 3. The van der Waals surface area contributed by atoms with Crippen LogP contribution in [0.25, 0.3) is 0 Å². The summed E-state index contributed by atoms with van der Waals surface area (Å²) in [5.41, 5.74) is 0. The number of hydrogen-bond acceptors (Lipinski definition) is 10. The Bertz CT molecular complexity index is 613. The van der Waals surface area contributed by atoms with Crippen molar-refractivity contribution in [1.82, 2.24) is 0 Å². The summed E-state index contributed by atoms with van der Waals surface area (Å²) in [5.74, 6) is -0.557. The van der Waals surface area contributed by atoms with E-state index in [1.54, 1.807) is 0 Å². The largest absolute Gasteiger partial charge is 0.459 e. The van der Waals surface area contributed by atoms with Crippen LogP contribution >= 0.6 is 0 Å². The predicted molar refractivity (Wildman–Crippen MR) is 122 cm³/mol. The van der Waals surface area contributed by atoms with Crippen LogP contribution in [0.4, 0.5) is 0 Å². The first-order valence-electron chi connectivity index (χ1n) is 12.5. The molecule has 1 saturated heterocycles. The number of carbonyl (C=O) groups is 1. The Kier molecular flexibility index (Phi) is 12.9. The summed E-state index contributed by atoms with van der Waals surface area (Å²) in [6, 6.07) is 0. The SMILES string of the molecule is CCCCC[C@@H]1CCCCC[C@@H](O[C@H]2O[C@H](CO)[C@@H](O)[C@H](O)[C@H]2O)C[C@H](O)[C@H](O)/C=C/C(=O)O1.